The molecule has 1 aliphatic rings. The first-order chi connectivity index (χ1) is 12.0. The Bertz CT molecular complexity index is 725. The number of halogens is 3. The van der Waals surface area contributed by atoms with Gasteiger partial charge in [0.25, 0.3) is 0 Å². The Morgan fingerprint density at radius 1 is 1.00 bits per heavy atom. The van der Waals surface area contributed by atoms with E-state index in [1.54, 1.807) is 24.3 Å². The number of benzene rings is 2. The van der Waals surface area contributed by atoms with E-state index < -0.39 is 12.8 Å². The standard InChI is InChI=1S/C18H18F3N3O/c19-18(20,21)12-25-16-7-3-14(4-8-16)11-13-1-5-15(6-2-13)24-17-22-9-10-23-17/h1-8H,9-12H2,(H2,22,23,24). The van der Waals surface area contributed by atoms with Crippen molar-refractivity contribution >= 4 is 11.6 Å². The van der Waals surface area contributed by atoms with Gasteiger partial charge in [0.15, 0.2) is 12.6 Å². The lowest BCUT2D eigenvalue weighted by Crippen LogP contribution is -2.26. The van der Waals surface area contributed by atoms with E-state index in [-0.39, 0.29) is 5.75 Å². The number of nitrogens with one attached hydrogen (secondary N) is 2. The fourth-order valence-corrected chi connectivity index (χ4v) is 2.43. The minimum Gasteiger partial charge on any atom is -0.484 e. The van der Waals surface area contributed by atoms with Gasteiger partial charge in [-0.25, -0.2) is 0 Å². The predicted octanol–water partition coefficient (Wildman–Crippen LogP) is 3.59. The lowest BCUT2D eigenvalue weighted by atomic mass is 10.0. The van der Waals surface area contributed by atoms with Crippen LogP contribution < -0.4 is 15.4 Å². The summed E-state index contributed by atoms with van der Waals surface area (Å²) in [5.74, 6) is 0.993. The fraction of sp³-hybridized carbons (Fsp3) is 0.278. The van der Waals surface area contributed by atoms with Gasteiger partial charge in [0.2, 0.25) is 0 Å². The molecule has 0 saturated heterocycles. The van der Waals surface area contributed by atoms with Crippen molar-refractivity contribution < 1.29 is 17.9 Å². The fourth-order valence-electron chi connectivity index (χ4n) is 2.43. The molecule has 0 aliphatic carbocycles. The van der Waals surface area contributed by atoms with Crippen molar-refractivity contribution in [1.29, 1.82) is 0 Å². The van der Waals surface area contributed by atoms with E-state index in [2.05, 4.69) is 15.6 Å². The minimum absolute atomic E-state index is 0.213. The van der Waals surface area contributed by atoms with E-state index in [1.165, 1.54) is 0 Å². The van der Waals surface area contributed by atoms with Gasteiger partial charge < -0.3 is 15.4 Å². The molecule has 2 aromatic rings. The van der Waals surface area contributed by atoms with Crippen LogP contribution in [0.3, 0.4) is 0 Å². The third-order valence-electron chi connectivity index (χ3n) is 3.62. The van der Waals surface area contributed by atoms with Crippen molar-refractivity contribution in [2.45, 2.75) is 12.6 Å². The number of nitrogens with zero attached hydrogens (tertiary/aromatic N) is 1. The molecule has 2 N–H and O–H groups in total. The monoisotopic (exact) mass is 349 g/mol. The summed E-state index contributed by atoms with van der Waals surface area (Å²) in [7, 11) is 0. The Morgan fingerprint density at radius 2 is 1.64 bits per heavy atom. The van der Waals surface area contributed by atoms with Gasteiger partial charge in [0.05, 0.1) is 6.54 Å². The number of aliphatic imine (C=N–C) groups is 1. The maximum absolute atomic E-state index is 12.1. The Kier molecular flexibility index (Phi) is 5.11. The maximum Gasteiger partial charge on any atom is 0.422 e. The number of ether oxygens (including phenoxy) is 1. The number of hydrogen-bond donors (Lipinski definition) is 2. The smallest absolute Gasteiger partial charge is 0.422 e. The predicted molar refractivity (Wildman–Crippen MR) is 91.2 cm³/mol. The quantitative estimate of drug-likeness (QED) is 0.867. The average Bonchev–Trinajstić information content (AvgIpc) is 3.08. The largest absolute Gasteiger partial charge is 0.484 e. The van der Waals surface area contributed by atoms with Gasteiger partial charge in [-0.05, 0) is 41.8 Å². The second-order valence-corrected chi connectivity index (χ2v) is 5.70. The molecule has 2 aromatic carbocycles. The normalized spacial score (nSPS) is 14.0. The second-order valence-electron chi connectivity index (χ2n) is 5.70. The molecule has 0 aromatic heterocycles. The molecule has 0 saturated carbocycles. The highest BCUT2D eigenvalue weighted by atomic mass is 19.4. The van der Waals surface area contributed by atoms with Crippen LogP contribution in [0.15, 0.2) is 53.5 Å². The molecule has 4 nitrogen and oxygen atoms in total. The molecule has 3 rings (SSSR count). The molecule has 0 bridgehead atoms. The van der Waals surface area contributed by atoms with Crippen LogP contribution in [0.25, 0.3) is 0 Å². The summed E-state index contributed by atoms with van der Waals surface area (Å²) in [5, 5.41) is 6.34. The lowest BCUT2D eigenvalue weighted by molar-refractivity contribution is -0.153. The Hall–Kier alpha value is -2.70. The minimum atomic E-state index is -4.33. The van der Waals surface area contributed by atoms with Gasteiger partial charge in [-0.3, -0.25) is 4.99 Å². The molecule has 0 fully saturated rings. The number of guanidine groups is 1. The first-order valence-corrected chi connectivity index (χ1v) is 7.91. The lowest BCUT2D eigenvalue weighted by Gasteiger charge is -2.10. The Labute approximate surface area is 143 Å². The van der Waals surface area contributed by atoms with E-state index in [0.29, 0.717) is 6.42 Å². The highest BCUT2D eigenvalue weighted by molar-refractivity contribution is 5.94. The summed E-state index contributed by atoms with van der Waals surface area (Å²) >= 11 is 0. The van der Waals surface area contributed by atoms with Gasteiger partial charge in [-0.15, -0.1) is 0 Å². The molecule has 1 heterocycles. The van der Waals surface area contributed by atoms with E-state index in [0.717, 1.165) is 35.9 Å². The maximum atomic E-state index is 12.1. The van der Waals surface area contributed by atoms with Crippen LogP contribution in [0, 0.1) is 0 Å². The summed E-state index contributed by atoms with van der Waals surface area (Å²) in [6.07, 6.45) is -3.63. The van der Waals surface area contributed by atoms with Crippen molar-refractivity contribution in [3.8, 4) is 5.75 Å². The highest BCUT2D eigenvalue weighted by Crippen LogP contribution is 2.20. The number of anilines is 1. The third kappa shape index (κ3) is 5.41. The molecule has 1 aliphatic heterocycles. The van der Waals surface area contributed by atoms with Gasteiger partial charge in [0, 0.05) is 12.2 Å². The number of hydrogen-bond acceptors (Lipinski definition) is 4. The number of alkyl halides is 3. The zero-order valence-electron chi connectivity index (χ0n) is 13.4. The van der Waals surface area contributed by atoms with E-state index in [4.69, 9.17) is 4.74 Å². The van der Waals surface area contributed by atoms with Crippen LogP contribution >= 0.6 is 0 Å². The van der Waals surface area contributed by atoms with Crippen molar-refractivity contribution in [3.63, 3.8) is 0 Å². The first-order valence-electron chi connectivity index (χ1n) is 7.91. The average molecular weight is 349 g/mol. The van der Waals surface area contributed by atoms with Gasteiger partial charge >= 0.3 is 6.18 Å². The Balaban J connectivity index is 1.54. The van der Waals surface area contributed by atoms with E-state index in [9.17, 15) is 13.2 Å². The van der Waals surface area contributed by atoms with Crippen LogP contribution in [0.1, 0.15) is 11.1 Å². The molecule has 0 spiro atoms. The molecular weight excluding hydrogens is 331 g/mol. The Morgan fingerprint density at radius 3 is 2.20 bits per heavy atom. The SMILES string of the molecule is FC(F)(F)COc1ccc(Cc2ccc(NC3=NCCN3)cc2)cc1. The second kappa shape index (κ2) is 7.46. The molecule has 0 atom stereocenters. The van der Waals surface area contributed by atoms with Gasteiger partial charge in [-0.1, -0.05) is 24.3 Å². The van der Waals surface area contributed by atoms with Crippen molar-refractivity contribution in [2.75, 3.05) is 25.0 Å². The zero-order valence-corrected chi connectivity index (χ0v) is 13.4. The van der Waals surface area contributed by atoms with Crippen LogP contribution in [0.5, 0.6) is 5.75 Å². The zero-order chi connectivity index (χ0) is 17.7. The van der Waals surface area contributed by atoms with E-state index in [1.807, 2.05) is 24.3 Å². The molecule has 132 valence electrons. The molecule has 0 amide bonds. The van der Waals surface area contributed by atoms with Crippen LogP contribution in [-0.4, -0.2) is 31.8 Å². The molecule has 0 unspecified atom stereocenters. The molecule has 25 heavy (non-hydrogen) atoms. The summed E-state index contributed by atoms with van der Waals surface area (Å²) in [4.78, 5) is 4.27. The summed E-state index contributed by atoms with van der Waals surface area (Å²) in [6.45, 7) is 0.354. The van der Waals surface area contributed by atoms with Crippen molar-refractivity contribution in [3.05, 3.63) is 59.7 Å². The highest BCUT2D eigenvalue weighted by Gasteiger charge is 2.28. The topological polar surface area (TPSA) is 45.6 Å². The van der Waals surface area contributed by atoms with Crippen molar-refractivity contribution in [1.82, 2.24) is 5.32 Å². The van der Waals surface area contributed by atoms with Crippen LogP contribution in [-0.2, 0) is 6.42 Å². The summed E-state index contributed by atoms with van der Waals surface area (Å²) in [6, 6.07) is 14.6. The molecule has 7 heteroatoms. The number of rotatable bonds is 5. The van der Waals surface area contributed by atoms with E-state index >= 15 is 0 Å². The summed E-state index contributed by atoms with van der Waals surface area (Å²) in [5.41, 5.74) is 3.06. The molecular formula is C18H18F3N3O. The van der Waals surface area contributed by atoms with Crippen LogP contribution in [0.4, 0.5) is 18.9 Å². The molecule has 0 radical (unpaired) electrons. The van der Waals surface area contributed by atoms with Crippen molar-refractivity contribution in [2.24, 2.45) is 4.99 Å². The van der Waals surface area contributed by atoms with Crippen LogP contribution in [0.2, 0.25) is 0 Å². The van der Waals surface area contributed by atoms with Gasteiger partial charge in [0.1, 0.15) is 5.75 Å². The summed E-state index contributed by atoms with van der Waals surface area (Å²) < 4.78 is 41.1. The van der Waals surface area contributed by atoms with Gasteiger partial charge in [-0.2, -0.15) is 13.2 Å². The first kappa shape index (κ1) is 17.1. The third-order valence-corrected chi connectivity index (χ3v) is 3.62.